The molecule has 0 unspecified atom stereocenters. The van der Waals surface area contributed by atoms with Gasteiger partial charge < -0.3 is 9.47 Å². The molecule has 0 aliphatic rings. The van der Waals surface area contributed by atoms with Crippen molar-refractivity contribution in [3.63, 3.8) is 0 Å². The van der Waals surface area contributed by atoms with Gasteiger partial charge in [0.2, 0.25) is 11.6 Å². The van der Waals surface area contributed by atoms with E-state index in [0.717, 1.165) is 30.6 Å². The van der Waals surface area contributed by atoms with Crippen molar-refractivity contribution in [1.29, 1.82) is 0 Å². The first kappa shape index (κ1) is 14.3. The Balaban J connectivity index is 2.28. The summed E-state index contributed by atoms with van der Waals surface area (Å²) in [6.07, 6.45) is 2.15. The van der Waals surface area contributed by atoms with Crippen molar-refractivity contribution in [2.45, 2.75) is 0 Å². The van der Waals surface area contributed by atoms with Crippen LogP contribution in [0.25, 0.3) is 0 Å². The minimum absolute atomic E-state index is 0.0569. The first-order valence-corrected chi connectivity index (χ1v) is 5.53. The Hall–Kier alpha value is -3.10. The highest BCUT2D eigenvalue weighted by molar-refractivity contribution is 5.86. The van der Waals surface area contributed by atoms with Crippen LogP contribution in [-0.4, -0.2) is 28.0 Å². The summed E-state index contributed by atoms with van der Waals surface area (Å²) in [7, 11) is 1.19. The lowest BCUT2D eigenvalue weighted by Gasteiger charge is -2.05. The molecule has 0 aliphatic heterocycles. The van der Waals surface area contributed by atoms with Crippen molar-refractivity contribution in [2.75, 3.05) is 7.11 Å². The maximum Gasteiger partial charge on any atom is 0.358 e. The molecule has 0 aliphatic carbocycles. The van der Waals surface area contributed by atoms with Crippen LogP contribution in [0.15, 0.2) is 30.6 Å². The normalized spacial score (nSPS) is 10.0. The fraction of sp³-hybridized carbons (Fsp3) is 0.0833. The summed E-state index contributed by atoms with van der Waals surface area (Å²) in [5, 5.41) is 10.8. The van der Waals surface area contributed by atoms with Crippen molar-refractivity contribution >= 4 is 11.7 Å². The van der Waals surface area contributed by atoms with Gasteiger partial charge in [0.1, 0.15) is 5.82 Å². The highest BCUT2D eigenvalue weighted by Crippen LogP contribution is 2.30. The molecular weight excluding hydrogens is 285 g/mol. The lowest BCUT2D eigenvalue weighted by molar-refractivity contribution is -0.385. The lowest BCUT2D eigenvalue weighted by atomic mass is 10.3. The monoisotopic (exact) mass is 293 g/mol. The van der Waals surface area contributed by atoms with Crippen LogP contribution in [0.5, 0.6) is 11.6 Å². The molecule has 1 aromatic heterocycles. The molecule has 0 saturated carbocycles. The molecule has 1 aromatic carbocycles. The number of esters is 1. The predicted molar refractivity (Wildman–Crippen MR) is 66.5 cm³/mol. The van der Waals surface area contributed by atoms with Crippen LogP contribution >= 0.6 is 0 Å². The molecular formula is C12H8FN3O5. The second-order valence-electron chi connectivity index (χ2n) is 3.70. The second-order valence-corrected chi connectivity index (χ2v) is 3.70. The Labute approximate surface area is 117 Å². The Bertz CT molecular complexity index is 690. The van der Waals surface area contributed by atoms with E-state index in [9.17, 15) is 19.3 Å². The molecule has 0 spiro atoms. The molecule has 0 bridgehead atoms. The average molecular weight is 293 g/mol. The van der Waals surface area contributed by atoms with Crippen LogP contribution in [0, 0.1) is 15.9 Å². The number of hydrogen-bond acceptors (Lipinski definition) is 7. The van der Waals surface area contributed by atoms with Crippen molar-refractivity contribution in [3.8, 4) is 11.6 Å². The van der Waals surface area contributed by atoms with Crippen LogP contribution in [-0.2, 0) is 4.74 Å². The van der Waals surface area contributed by atoms with Crippen LogP contribution in [0.2, 0.25) is 0 Å². The zero-order valence-corrected chi connectivity index (χ0v) is 10.6. The number of aromatic nitrogens is 2. The third-order valence-corrected chi connectivity index (χ3v) is 2.36. The van der Waals surface area contributed by atoms with E-state index in [1.54, 1.807) is 0 Å². The number of rotatable bonds is 4. The lowest BCUT2D eigenvalue weighted by Crippen LogP contribution is -2.05. The third kappa shape index (κ3) is 3.26. The number of nitrogens with zero attached hydrogens (tertiary/aromatic N) is 3. The number of halogens is 1. The highest BCUT2D eigenvalue weighted by Gasteiger charge is 2.17. The molecule has 2 aromatic rings. The van der Waals surface area contributed by atoms with Gasteiger partial charge >= 0.3 is 11.7 Å². The molecule has 0 atom stereocenters. The van der Waals surface area contributed by atoms with Gasteiger partial charge in [-0.3, -0.25) is 10.1 Å². The summed E-state index contributed by atoms with van der Waals surface area (Å²) in [6.45, 7) is 0. The molecule has 1 heterocycles. The average Bonchev–Trinajstić information content (AvgIpc) is 2.47. The van der Waals surface area contributed by atoms with E-state index in [1.807, 2.05) is 0 Å². The number of ether oxygens (including phenoxy) is 2. The zero-order valence-electron chi connectivity index (χ0n) is 10.6. The smallest absolute Gasteiger partial charge is 0.358 e. The highest BCUT2D eigenvalue weighted by atomic mass is 19.1. The Morgan fingerprint density at radius 3 is 2.67 bits per heavy atom. The number of nitro benzene ring substituents is 1. The van der Waals surface area contributed by atoms with Crippen LogP contribution in [0.4, 0.5) is 10.1 Å². The van der Waals surface area contributed by atoms with Crippen LogP contribution in [0.1, 0.15) is 10.5 Å². The fourth-order valence-electron chi connectivity index (χ4n) is 1.41. The number of carbonyl (C=O) groups excluding carboxylic acids is 1. The Morgan fingerprint density at radius 2 is 2.10 bits per heavy atom. The number of benzene rings is 1. The molecule has 108 valence electrons. The summed E-state index contributed by atoms with van der Waals surface area (Å²) in [5.74, 6) is -1.84. The first-order valence-electron chi connectivity index (χ1n) is 5.53. The van der Waals surface area contributed by atoms with E-state index >= 15 is 0 Å². The largest absolute Gasteiger partial charge is 0.464 e. The van der Waals surface area contributed by atoms with Crippen molar-refractivity contribution < 1.29 is 23.6 Å². The minimum atomic E-state index is -0.717. The second kappa shape index (κ2) is 5.90. The van der Waals surface area contributed by atoms with Crippen molar-refractivity contribution in [3.05, 3.63) is 52.2 Å². The molecule has 21 heavy (non-hydrogen) atoms. The van der Waals surface area contributed by atoms with Crippen molar-refractivity contribution in [1.82, 2.24) is 9.97 Å². The summed E-state index contributed by atoms with van der Waals surface area (Å²) < 4.78 is 22.7. The first-order chi connectivity index (χ1) is 10.0. The molecule has 0 fully saturated rings. The maximum atomic E-state index is 13.1. The number of hydrogen-bond donors (Lipinski definition) is 0. The van der Waals surface area contributed by atoms with Gasteiger partial charge in [-0.1, -0.05) is 0 Å². The van der Waals surface area contributed by atoms with Gasteiger partial charge in [-0.25, -0.2) is 19.2 Å². The van der Waals surface area contributed by atoms with Gasteiger partial charge in [0.05, 0.1) is 24.4 Å². The van der Waals surface area contributed by atoms with E-state index in [0.29, 0.717) is 0 Å². The fourth-order valence-corrected chi connectivity index (χ4v) is 1.41. The summed E-state index contributed by atoms with van der Waals surface area (Å²) in [6, 6.07) is 2.77. The molecule has 8 nitrogen and oxygen atoms in total. The van der Waals surface area contributed by atoms with Gasteiger partial charge in [0.15, 0.2) is 5.69 Å². The van der Waals surface area contributed by atoms with Gasteiger partial charge in [0, 0.05) is 12.1 Å². The molecule has 0 saturated heterocycles. The predicted octanol–water partition coefficient (Wildman–Crippen LogP) is 2.10. The van der Waals surface area contributed by atoms with Crippen LogP contribution < -0.4 is 4.74 Å². The molecule has 9 heteroatoms. The Kier molecular flexibility index (Phi) is 4.02. The topological polar surface area (TPSA) is 104 Å². The van der Waals surface area contributed by atoms with Crippen LogP contribution in [0.3, 0.4) is 0 Å². The van der Waals surface area contributed by atoms with E-state index in [-0.39, 0.29) is 17.3 Å². The standard InChI is InChI=1S/C12H8FN3O5/c1-20-12(17)8-5-15-11(6-14-8)21-10-4-7(13)2-3-9(10)16(18)19/h2-6H,1H3. The SMILES string of the molecule is COC(=O)c1cnc(Oc2cc(F)ccc2[N+](=O)[O-])cn1. The molecule has 0 N–H and O–H groups in total. The number of nitro groups is 1. The van der Waals surface area contributed by atoms with E-state index in [4.69, 9.17) is 4.74 Å². The van der Waals surface area contributed by atoms with E-state index in [2.05, 4.69) is 14.7 Å². The summed E-state index contributed by atoms with van der Waals surface area (Å²) in [5.41, 5.74) is -0.478. The third-order valence-electron chi connectivity index (χ3n) is 2.36. The van der Waals surface area contributed by atoms with Gasteiger partial charge in [-0.2, -0.15) is 0 Å². The quantitative estimate of drug-likeness (QED) is 0.483. The summed E-state index contributed by atoms with van der Waals surface area (Å²) in [4.78, 5) is 28.7. The van der Waals surface area contributed by atoms with Gasteiger partial charge in [0.25, 0.3) is 0 Å². The van der Waals surface area contributed by atoms with E-state index in [1.165, 1.54) is 7.11 Å². The number of methoxy groups -OCH3 is 1. The minimum Gasteiger partial charge on any atom is -0.464 e. The van der Waals surface area contributed by atoms with E-state index < -0.39 is 22.4 Å². The maximum absolute atomic E-state index is 13.1. The van der Waals surface area contributed by atoms with Gasteiger partial charge in [-0.15, -0.1) is 0 Å². The summed E-state index contributed by atoms with van der Waals surface area (Å²) >= 11 is 0. The number of carbonyl (C=O) groups is 1. The molecule has 0 radical (unpaired) electrons. The van der Waals surface area contributed by atoms with Gasteiger partial charge in [-0.05, 0) is 6.07 Å². The molecule has 0 amide bonds. The van der Waals surface area contributed by atoms with Crippen molar-refractivity contribution in [2.24, 2.45) is 0 Å². The zero-order chi connectivity index (χ0) is 15.4. The molecule has 2 rings (SSSR count). The Morgan fingerprint density at radius 1 is 1.33 bits per heavy atom.